The maximum Gasteiger partial charge on any atom is 0.335 e. The molecule has 6 nitrogen and oxygen atoms in total. The predicted molar refractivity (Wildman–Crippen MR) is 97.0 cm³/mol. The van der Waals surface area contributed by atoms with Gasteiger partial charge in [0.1, 0.15) is 0 Å². The Balaban J connectivity index is 1.53. The van der Waals surface area contributed by atoms with Crippen LogP contribution < -0.4 is 10.2 Å². The van der Waals surface area contributed by atoms with Crippen LogP contribution in [0.25, 0.3) is 0 Å². The van der Waals surface area contributed by atoms with Crippen LogP contribution in [0.1, 0.15) is 34.3 Å². The quantitative estimate of drug-likeness (QED) is 0.836. The SMILES string of the molecule is O=C(CCN1C(=O)CCc2ccccc21)NCc1ccc(C(=O)O)cc1. The first-order chi connectivity index (χ1) is 12.5. The summed E-state index contributed by atoms with van der Waals surface area (Å²) in [7, 11) is 0. The largest absolute Gasteiger partial charge is 0.478 e. The van der Waals surface area contributed by atoms with Crippen molar-refractivity contribution in [1.29, 1.82) is 0 Å². The topological polar surface area (TPSA) is 86.7 Å². The van der Waals surface area contributed by atoms with Crippen LogP contribution in [0.3, 0.4) is 0 Å². The van der Waals surface area contributed by atoms with Gasteiger partial charge in [-0.1, -0.05) is 30.3 Å². The summed E-state index contributed by atoms with van der Waals surface area (Å²) in [6.45, 7) is 0.670. The summed E-state index contributed by atoms with van der Waals surface area (Å²) >= 11 is 0. The third-order valence-electron chi connectivity index (χ3n) is 4.44. The molecule has 3 rings (SSSR count). The number of fused-ring (bicyclic) bond motifs is 1. The number of carboxylic acids is 1. The fourth-order valence-corrected chi connectivity index (χ4v) is 3.01. The molecule has 2 N–H and O–H groups in total. The number of hydrogen-bond acceptors (Lipinski definition) is 3. The normalized spacial score (nSPS) is 13.2. The van der Waals surface area contributed by atoms with Crippen molar-refractivity contribution < 1.29 is 19.5 Å². The minimum absolute atomic E-state index is 0.0424. The maximum atomic E-state index is 12.2. The third kappa shape index (κ3) is 4.08. The van der Waals surface area contributed by atoms with Crippen LogP contribution >= 0.6 is 0 Å². The molecule has 6 heteroatoms. The molecule has 2 amide bonds. The molecule has 2 aromatic carbocycles. The molecule has 0 radical (unpaired) electrons. The van der Waals surface area contributed by atoms with Gasteiger partial charge in [-0.05, 0) is 35.7 Å². The molecular formula is C20H20N2O4. The highest BCUT2D eigenvalue weighted by Crippen LogP contribution is 2.27. The van der Waals surface area contributed by atoms with Gasteiger partial charge in [0, 0.05) is 31.6 Å². The van der Waals surface area contributed by atoms with Gasteiger partial charge >= 0.3 is 5.97 Å². The monoisotopic (exact) mass is 352 g/mol. The molecule has 0 aliphatic carbocycles. The number of nitrogens with one attached hydrogen (secondary N) is 1. The first-order valence-electron chi connectivity index (χ1n) is 8.52. The molecule has 26 heavy (non-hydrogen) atoms. The number of carbonyl (C=O) groups is 3. The number of carboxylic acid groups (broad SMARTS) is 1. The van der Waals surface area contributed by atoms with E-state index >= 15 is 0 Å². The second-order valence-corrected chi connectivity index (χ2v) is 6.20. The van der Waals surface area contributed by atoms with Crippen molar-refractivity contribution in [3.05, 3.63) is 65.2 Å². The molecule has 0 bridgehead atoms. The Kier molecular flexibility index (Phi) is 5.31. The summed E-state index contributed by atoms with van der Waals surface area (Å²) < 4.78 is 0. The summed E-state index contributed by atoms with van der Waals surface area (Å²) in [4.78, 5) is 36.8. The number of aryl methyl sites for hydroxylation is 1. The molecule has 0 saturated heterocycles. The van der Waals surface area contributed by atoms with E-state index in [-0.39, 0.29) is 23.8 Å². The summed E-state index contributed by atoms with van der Waals surface area (Å²) in [6.07, 6.45) is 1.42. The molecule has 1 aliphatic rings. The van der Waals surface area contributed by atoms with Gasteiger partial charge < -0.3 is 15.3 Å². The van der Waals surface area contributed by atoms with E-state index in [1.165, 1.54) is 12.1 Å². The van der Waals surface area contributed by atoms with Crippen LogP contribution in [0.4, 0.5) is 5.69 Å². The van der Waals surface area contributed by atoms with Gasteiger partial charge in [-0.15, -0.1) is 0 Å². The summed E-state index contributed by atoms with van der Waals surface area (Å²) in [5.74, 6) is -1.09. The highest BCUT2D eigenvalue weighted by molar-refractivity contribution is 5.97. The standard InChI is InChI=1S/C20H20N2O4/c23-18(21-13-14-5-7-16(8-6-14)20(25)26)11-12-22-17-4-2-1-3-15(17)9-10-19(22)24/h1-8H,9-13H2,(H,21,23)(H,25,26). The lowest BCUT2D eigenvalue weighted by Crippen LogP contribution is -2.38. The molecule has 0 fully saturated rings. The molecule has 2 aromatic rings. The zero-order valence-electron chi connectivity index (χ0n) is 14.3. The second kappa shape index (κ2) is 7.82. The molecule has 0 saturated carbocycles. The Morgan fingerprint density at radius 2 is 1.77 bits per heavy atom. The first-order valence-corrected chi connectivity index (χ1v) is 8.52. The number of amides is 2. The lowest BCUT2D eigenvalue weighted by molar-refractivity contribution is -0.121. The zero-order valence-corrected chi connectivity index (χ0v) is 14.3. The van der Waals surface area contributed by atoms with Crippen molar-refractivity contribution in [2.75, 3.05) is 11.4 Å². The smallest absolute Gasteiger partial charge is 0.335 e. The van der Waals surface area contributed by atoms with Crippen molar-refractivity contribution in [3.8, 4) is 0 Å². The van der Waals surface area contributed by atoms with Crippen molar-refractivity contribution in [2.24, 2.45) is 0 Å². The summed E-state index contributed by atoms with van der Waals surface area (Å²) in [5, 5.41) is 11.7. The van der Waals surface area contributed by atoms with E-state index < -0.39 is 5.97 Å². The lowest BCUT2D eigenvalue weighted by Gasteiger charge is -2.29. The Bertz CT molecular complexity index is 830. The molecule has 0 spiro atoms. The molecule has 0 unspecified atom stereocenters. The minimum atomic E-state index is -0.980. The minimum Gasteiger partial charge on any atom is -0.478 e. The van der Waals surface area contributed by atoms with E-state index in [1.54, 1.807) is 17.0 Å². The van der Waals surface area contributed by atoms with Gasteiger partial charge in [0.25, 0.3) is 0 Å². The van der Waals surface area contributed by atoms with Gasteiger partial charge in [0.15, 0.2) is 0 Å². The van der Waals surface area contributed by atoms with Crippen LogP contribution in [-0.2, 0) is 22.6 Å². The fourth-order valence-electron chi connectivity index (χ4n) is 3.01. The van der Waals surface area contributed by atoms with Crippen LogP contribution in [0.5, 0.6) is 0 Å². The zero-order chi connectivity index (χ0) is 18.5. The van der Waals surface area contributed by atoms with Crippen LogP contribution in [0.2, 0.25) is 0 Å². The van der Waals surface area contributed by atoms with Crippen molar-refractivity contribution >= 4 is 23.5 Å². The second-order valence-electron chi connectivity index (χ2n) is 6.20. The van der Waals surface area contributed by atoms with Gasteiger partial charge in [0.2, 0.25) is 11.8 Å². The summed E-state index contributed by atoms with van der Waals surface area (Å²) in [6, 6.07) is 14.1. The molecule has 1 aliphatic heterocycles. The highest BCUT2D eigenvalue weighted by atomic mass is 16.4. The Morgan fingerprint density at radius 3 is 2.50 bits per heavy atom. The van der Waals surface area contributed by atoms with E-state index in [1.807, 2.05) is 24.3 Å². The number of para-hydroxylation sites is 1. The fraction of sp³-hybridized carbons (Fsp3) is 0.250. The number of anilines is 1. The first kappa shape index (κ1) is 17.7. The van der Waals surface area contributed by atoms with Gasteiger partial charge in [-0.3, -0.25) is 9.59 Å². The Morgan fingerprint density at radius 1 is 1.04 bits per heavy atom. The number of carbonyl (C=O) groups excluding carboxylic acids is 2. The molecular weight excluding hydrogens is 332 g/mol. The van der Waals surface area contributed by atoms with E-state index in [2.05, 4.69) is 5.32 Å². The van der Waals surface area contributed by atoms with E-state index in [9.17, 15) is 14.4 Å². The van der Waals surface area contributed by atoms with E-state index in [4.69, 9.17) is 5.11 Å². The summed E-state index contributed by atoms with van der Waals surface area (Å²) in [5.41, 5.74) is 3.05. The third-order valence-corrected chi connectivity index (χ3v) is 4.44. The molecule has 134 valence electrons. The number of rotatable bonds is 6. The lowest BCUT2D eigenvalue weighted by atomic mass is 10.0. The van der Waals surface area contributed by atoms with Gasteiger partial charge in [-0.25, -0.2) is 4.79 Å². The molecule has 0 atom stereocenters. The van der Waals surface area contributed by atoms with Gasteiger partial charge in [-0.2, -0.15) is 0 Å². The number of benzene rings is 2. The van der Waals surface area contributed by atoms with E-state index in [0.29, 0.717) is 19.5 Å². The highest BCUT2D eigenvalue weighted by Gasteiger charge is 2.23. The van der Waals surface area contributed by atoms with E-state index in [0.717, 1.165) is 23.2 Å². The van der Waals surface area contributed by atoms with Crippen molar-refractivity contribution in [2.45, 2.75) is 25.8 Å². The number of aromatic carboxylic acids is 1. The predicted octanol–water partition coefficient (Wildman–Crippen LogP) is 2.37. The average Bonchev–Trinajstić information content (AvgIpc) is 2.66. The average molecular weight is 352 g/mol. The Labute approximate surface area is 151 Å². The number of nitrogens with zero attached hydrogens (tertiary/aromatic N) is 1. The van der Waals surface area contributed by atoms with Crippen molar-refractivity contribution in [1.82, 2.24) is 5.32 Å². The van der Waals surface area contributed by atoms with Crippen LogP contribution in [0.15, 0.2) is 48.5 Å². The van der Waals surface area contributed by atoms with Crippen LogP contribution in [0, 0.1) is 0 Å². The molecule has 1 heterocycles. The number of hydrogen-bond donors (Lipinski definition) is 2. The van der Waals surface area contributed by atoms with Gasteiger partial charge in [0.05, 0.1) is 5.56 Å². The van der Waals surface area contributed by atoms with Crippen LogP contribution in [-0.4, -0.2) is 29.4 Å². The maximum absolute atomic E-state index is 12.2. The van der Waals surface area contributed by atoms with Crippen molar-refractivity contribution in [3.63, 3.8) is 0 Å². The molecule has 0 aromatic heterocycles. The Hall–Kier alpha value is -3.15.